The van der Waals surface area contributed by atoms with Gasteiger partial charge < -0.3 is 14.0 Å². The second-order valence-corrected chi connectivity index (χ2v) is 9.43. The third kappa shape index (κ3) is 3.90. The zero-order valence-corrected chi connectivity index (χ0v) is 20.2. The monoisotopic (exact) mass is 503 g/mol. The number of anilines is 2. The molecule has 3 aromatic rings. The molecule has 190 valence electrons. The van der Waals surface area contributed by atoms with Gasteiger partial charge in [-0.2, -0.15) is 13.2 Å². The molecule has 0 bridgehead atoms. The molecule has 2 fully saturated rings. The summed E-state index contributed by atoms with van der Waals surface area (Å²) in [6.07, 6.45) is -5.07. The number of rotatable bonds is 3. The van der Waals surface area contributed by atoms with Gasteiger partial charge in [0, 0.05) is 31.4 Å². The molecule has 0 saturated carbocycles. The summed E-state index contributed by atoms with van der Waals surface area (Å²) in [4.78, 5) is 38.2. The van der Waals surface area contributed by atoms with E-state index in [4.69, 9.17) is 9.47 Å². The summed E-state index contributed by atoms with van der Waals surface area (Å²) in [7, 11) is 3.30. The minimum Gasteiger partial charge on any atom is -0.341 e. The standard InChI is InChI=1S/C24H24F3N5O4/c1-12-10-14(24(25,26)27)11-16(28-12)32-17(18-19(22(32)34)36-23(2,3)35-18)21(33)31(5)15-7-6-13-8-9-30(4)20(13)29-15/h6-11,17-19H,1-5H3/t17-,18-,19-/m0/s1. The number of pyridine rings is 2. The van der Waals surface area contributed by atoms with Crippen molar-refractivity contribution in [3.8, 4) is 0 Å². The highest BCUT2D eigenvalue weighted by Crippen LogP contribution is 2.41. The van der Waals surface area contributed by atoms with E-state index in [0.717, 1.165) is 22.4 Å². The van der Waals surface area contributed by atoms with E-state index < -0.39 is 47.6 Å². The average Bonchev–Trinajstić information content (AvgIpc) is 3.40. The van der Waals surface area contributed by atoms with Crippen LogP contribution in [-0.4, -0.2) is 57.4 Å². The molecule has 0 unspecified atom stereocenters. The molecule has 2 aliphatic heterocycles. The zero-order valence-electron chi connectivity index (χ0n) is 20.2. The molecule has 2 amide bonds. The molecular formula is C24H24F3N5O4. The van der Waals surface area contributed by atoms with Crippen molar-refractivity contribution in [1.29, 1.82) is 0 Å². The summed E-state index contributed by atoms with van der Waals surface area (Å²) >= 11 is 0. The van der Waals surface area contributed by atoms with Gasteiger partial charge in [-0.25, -0.2) is 9.97 Å². The van der Waals surface area contributed by atoms with E-state index in [1.807, 2.05) is 19.3 Å². The number of aryl methyl sites for hydroxylation is 2. The maximum Gasteiger partial charge on any atom is 0.416 e. The number of hydrogen-bond acceptors (Lipinski definition) is 6. The number of aromatic nitrogens is 3. The molecule has 5 rings (SSSR count). The summed E-state index contributed by atoms with van der Waals surface area (Å²) in [5, 5.41) is 0.873. The summed E-state index contributed by atoms with van der Waals surface area (Å²) in [6, 6.07) is 5.65. The number of ether oxygens (including phenoxy) is 2. The number of likely N-dealkylation sites (N-methyl/N-ethyl adjacent to an activating group) is 1. The third-order valence-corrected chi connectivity index (χ3v) is 6.34. The highest BCUT2D eigenvalue weighted by Gasteiger charge is 2.61. The number of fused-ring (bicyclic) bond motifs is 2. The van der Waals surface area contributed by atoms with Crippen molar-refractivity contribution >= 4 is 34.5 Å². The van der Waals surface area contributed by atoms with Crippen molar-refractivity contribution in [1.82, 2.24) is 14.5 Å². The molecule has 0 radical (unpaired) electrons. The molecule has 3 atom stereocenters. The Morgan fingerprint density at radius 1 is 1.14 bits per heavy atom. The molecule has 36 heavy (non-hydrogen) atoms. The van der Waals surface area contributed by atoms with E-state index in [1.165, 1.54) is 18.9 Å². The molecule has 0 aromatic carbocycles. The van der Waals surface area contributed by atoms with Crippen molar-refractivity contribution in [2.45, 2.75) is 51.0 Å². The minimum atomic E-state index is -4.67. The van der Waals surface area contributed by atoms with Crippen LogP contribution in [0.25, 0.3) is 11.0 Å². The first kappa shape index (κ1) is 24.2. The Morgan fingerprint density at radius 2 is 1.86 bits per heavy atom. The van der Waals surface area contributed by atoms with Gasteiger partial charge in [-0.05, 0) is 51.1 Å². The Hall–Kier alpha value is -3.51. The number of hydrogen-bond donors (Lipinski definition) is 0. The van der Waals surface area contributed by atoms with Crippen LogP contribution < -0.4 is 9.80 Å². The molecule has 9 nitrogen and oxygen atoms in total. The van der Waals surface area contributed by atoms with Gasteiger partial charge >= 0.3 is 6.18 Å². The fourth-order valence-corrected chi connectivity index (χ4v) is 4.70. The fourth-order valence-electron chi connectivity index (χ4n) is 4.70. The van der Waals surface area contributed by atoms with Crippen LogP contribution in [0.5, 0.6) is 0 Å². The fraction of sp³-hybridized carbons (Fsp3) is 0.417. The van der Waals surface area contributed by atoms with Gasteiger partial charge in [0.1, 0.15) is 29.4 Å². The van der Waals surface area contributed by atoms with Gasteiger partial charge in [0.05, 0.1) is 5.56 Å². The third-order valence-electron chi connectivity index (χ3n) is 6.34. The van der Waals surface area contributed by atoms with Crippen LogP contribution in [0.2, 0.25) is 0 Å². The first-order valence-corrected chi connectivity index (χ1v) is 11.2. The van der Waals surface area contributed by atoms with Gasteiger partial charge in [0.25, 0.3) is 11.8 Å². The van der Waals surface area contributed by atoms with E-state index in [2.05, 4.69) is 9.97 Å². The number of amides is 2. The second-order valence-electron chi connectivity index (χ2n) is 9.43. The largest absolute Gasteiger partial charge is 0.416 e. The highest BCUT2D eigenvalue weighted by atomic mass is 19.4. The number of carbonyl (C=O) groups excluding carboxylic acids is 2. The van der Waals surface area contributed by atoms with Gasteiger partial charge in [0.15, 0.2) is 11.9 Å². The number of carbonyl (C=O) groups is 2. The molecular weight excluding hydrogens is 479 g/mol. The summed E-state index contributed by atoms with van der Waals surface area (Å²) in [6.45, 7) is 4.59. The molecule has 0 aliphatic carbocycles. The lowest BCUT2D eigenvalue weighted by atomic mass is 10.1. The first-order chi connectivity index (χ1) is 16.8. The maximum atomic E-state index is 13.9. The average molecular weight is 503 g/mol. The van der Waals surface area contributed by atoms with E-state index in [9.17, 15) is 22.8 Å². The molecule has 5 heterocycles. The van der Waals surface area contributed by atoms with Gasteiger partial charge in [-0.3, -0.25) is 19.4 Å². The molecule has 0 N–H and O–H groups in total. The van der Waals surface area contributed by atoms with Gasteiger partial charge in [-0.15, -0.1) is 0 Å². The maximum absolute atomic E-state index is 13.9. The van der Waals surface area contributed by atoms with Crippen LogP contribution in [0.15, 0.2) is 36.5 Å². The molecule has 2 saturated heterocycles. The zero-order chi connectivity index (χ0) is 26.2. The number of halogens is 3. The number of nitrogens with zero attached hydrogens (tertiary/aromatic N) is 5. The second kappa shape index (κ2) is 8.00. The first-order valence-electron chi connectivity index (χ1n) is 11.2. The molecule has 0 spiro atoms. The van der Waals surface area contributed by atoms with Crippen LogP contribution in [0, 0.1) is 6.92 Å². The van der Waals surface area contributed by atoms with Crippen LogP contribution >= 0.6 is 0 Å². The van der Waals surface area contributed by atoms with E-state index >= 15 is 0 Å². The van der Waals surface area contributed by atoms with Crippen LogP contribution in [0.3, 0.4) is 0 Å². The Labute approximate surface area is 204 Å². The van der Waals surface area contributed by atoms with E-state index in [-0.39, 0.29) is 11.5 Å². The number of alkyl halides is 3. The van der Waals surface area contributed by atoms with E-state index in [0.29, 0.717) is 11.5 Å². The van der Waals surface area contributed by atoms with Crippen molar-refractivity contribution in [2.24, 2.45) is 7.05 Å². The minimum absolute atomic E-state index is 0.0437. The Bertz CT molecular complexity index is 1390. The summed E-state index contributed by atoms with van der Waals surface area (Å²) in [5.74, 6) is -2.46. The van der Waals surface area contributed by atoms with Gasteiger partial charge in [-0.1, -0.05) is 0 Å². The quantitative estimate of drug-likeness (QED) is 0.546. The topological polar surface area (TPSA) is 89.8 Å². The normalized spacial score (nSPS) is 23.4. The smallest absolute Gasteiger partial charge is 0.341 e. The summed E-state index contributed by atoms with van der Waals surface area (Å²) < 4.78 is 54.1. The Balaban J connectivity index is 1.58. The van der Waals surface area contributed by atoms with E-state index in [1.54, 1.807) is 30.5 Å². The van der Waals surface area contributed by atoms with Crippen LogP contribution in [0.1, 0.15) is 25.1 Å². The lowest BCUT2D eigenvalue weighted by molar-refractivity contribution is -0.161. The molecule has 12 heteroatoms. The van der Waals surface area contributed by atoms with Crippen molar-refractivity contribution < 1.29 is 32.2 Å². The lowest BCUT2D eigenvalue weighted by Gasteiger charge is -2.31. The highest BCUT2D eigenvalue weighted by molar-refractivity contribution is 6.11. The Kier molecular flexibility index (Phi) is 5.38. The van der Waals surface area contributed by atoms with Crippen molar-refractivity contribution in [3.05, 3.63) is 47.8 Å². The van der Waals surface area contributed by atoms with Crippen molar-refractivity contribution in [3.63, 3.8) is 0 Å². The van der Waals surface area contributed by atoms with Crippen LogP contribution in [0.4, 0.5) is 24.8 Å². The summed E-state index contributed by atoms with van der Waals surface area (Å²) in [5.41, 5.74) is -0.296. The lowest BCUT2D eigenvalue weighted by Crippen LogP contribution is -2.51. The van der Waals surface area contributed by atoms with Gasteiger partial charge in [0.2, 0.25) is 0 Å². The Morgan fingerprint density at radius 3 is 2.56 bits per heavy atom. The van der Waals surface area contributed by atoms with Crippen molar-refractivity contribution in [2.75, 3.05) is 16.8 Å². The predicted molar refractivity (Wildman–Crippen MR) is 123 cm³/mol. The molecule has 3 aromatic heterocycles. The SMILES string of the molecule is Cc1cc(C(F)(F)F)cc(N2C(=O)[C@H]3OC(C)(C)O[C@H]3[C@H]2C(=O)N(C)c2ccc3ccn(C)c3n2)n1. The molecule has 2 aliphatic rings. The van der Waals surface area contributed by atoms with Crippen LogP contribution in [-0.2, 0) is 32.3 Å². The predicted octanol–water partition coefficient (Wildman–Crippen LogP) is 3.19.